The topological polar surface area (TPSA) is 60.5 Å². The third-order valence-electron chi connectivity index (χ3n) is 8.15. The predicted molar refractivity (Wildman–Crippen MR) is 152 cm³/mol. The lowest BCUT2D eigenvalue weighted by atomic mass is 9.89. The lowest BCUT2D eigenvalue weighted by Gasteiger charge is -2.34. The first-order valence-electron chi connectivity index (χ1n) is 14.6. The minimum absolute atomic E-state index is 0.0371. The number of aryl methyl sites for hydroxylation is 1. The number of allylic oxidation sites excluding steroid dienone is 6. The van der Waals surface area contributed by atoms with E-state index in [9.17, 15) is 18.0 Å². The summed E-state index contributed by atoms with van der Waals surface area (Å²) in [6.45, 7) is 2.94. The fraction of sp³-hybridized carbons (Fsp3) is 0.394. The van der Waals surface area contributed by atoms with Gasteiger partial charge in [-0.05, 0) is 68.2 Å². The van der Waals surface area contributed by atoms with E-state index in [1.807, 2.05) is 39.9 Å². The minimum atomic E-state index is -4.54. The minimum Gasteiger partial charge on any atom is -0.451 e. The zero-order valence-corrected chi connectivity index (χ0v) is 23.6. The Morgan fingerprint density at radius 3 is 2.60 bits per heavy atom. The van der Waals surface area contributed by atoms with Gasteiger partial charge in [0.05, 0.1) is 17.9 Å². The molecule has 1 unspecified atom stereocenters. The van der Waals surface area contributed by atoms with Gasteiger partial charge < -0.3 is 14.1 Å². The summed E-state index contributed by atoms with van der Waals surface area (Å²) in [4.78, 5) is 15.7. The Kier molecular flexibility index (Phi) is 7.94. The monoisotopic (exact) mass is 577 g/mol. The van der Waals surface area contributed by atoms with E-state index in [0.717, 1.165) is 55.1 Å². The number of benzene rings is 1. The number of furan rings is 1. The molecule has 3 aliphatic carbocycles. The normalized spacial score (nSPS) is 18.7. The first-order valence-corrected chi connectivity index (χ1v) is 14.6. The Balaban J connectivity index is 1.21. The summed E-state index contributed by atoms with van der Waals surface area (Å²) in [5.74, 6) is -0.157. The highest BCUT2D eigenvalue weighted by molar-refractivity contribution is 5.93. The Bertz CT molecular complexity index is 1530. The molecule has 1 fully saturated rings. The van der Waals surface area contributed by atoms with Crippen LogP contribution >= 0.6 is 0 Å². The van der Waals surface area contributed by atoms with Crippen LogP contribution in [0.2, 0.25) is 0 Å². The molecule has 0 N–H and O–H groups in total. The van der Waals surface area contributed by atoms with Gasteiger partial charge in [0.25, 0.3) is 5.91 Å². The van der Waals surface area contributed by atoms with E-state index in [-0.39, 0.29) is 35.1 Å². The molecule has 6 nitrogen and oxygen atoms in total. The highest BCUT2D eigenvalue weighted by Gasteiger charge is 2.41. The van der Waals surface area contributed by atoms with E-state index in [1.54, 1.807) is 6.08 Å². The second-order valence-corrected chi connectivity index (χ2v) is 11.1. The Labute approximate surface area is 243 Å². The van der Waals surface area contributed by atoms with Crippen LogP contribution in [0.3, 0.4) is 0 Å². The number of hydrogen-bond acceptors (Lipinski definition) is 4. The number of amides is 1. The molecule has 2 heterocycles. The fourth-order valence-electron chi connectivity index (χ4n) is 6.00. The first kappa shape index (κ1) is 28.3. The van der Waals surface area contributed by atoms with Gasteiger partial charge in [-0.1, -0.05) is 61.6 Å². The molecule has 3 aliphatic rings. The number of hydrogen-bond donors (Lipinski definition) is 0. The van der Waals surface area contributed by atoms with Crippen LogP contribution in [0.25, 0.3) is 5.57 Å². The summed E-state index contributed by atoms with van der Waals surface area (Å²) in [5.41, 5.74) is 3.60. The molecular weight excluding hydrogens is 543 g/mol. The summed E-state index contributed by atoms with van der Waals surface area (Å²) in [7, 11) is 0. The summed E-state index contributed by atoms with van der Waals surface area (Å²) < 4.78 is 55.1. The number of fused-ring (bicyclic) bond motifs is 1. The van der Waals surface area contributed by atoms with E-state index < -0.39 is 11.7 Å². The molecule has 0 radical (unpaired) electrons. The van der Waals surface area contributed by atoms with Crippen LogP contribution in [0.4, 0.5) is 13.2 Å². The second kappa shape index (κ2) is 11.8. The van der Waals surface area contributed by atoms with Crippen molar-refractivity contribution in [1.29, 1.82) is 0 Å². The number of ether oxygens (including phenoxy) is 1. The van der Waals surface area contributed by atoms with E-state index in [4.69, 9.17) is 14.3 Å². The number of halogens is 3. The van der Waals surface area contributed by atoms with Crippen LogP contribution < -0.4 is 0 Å². The van der Waals surface area contributed by atoms with Crippen molar-refractivity contribution in [1.82, 2.24) is 14.7 Å². The van der Waals surface area contributed by atoms with Crippen molar-refractivity contribution >= 4 is 11.5 Å². The summed E-state index contributed by atoms with van der Waals surface area (Å²) >= 11 is 0. The molecule has 1 atom stereocenters. The van der Waals surface area contributed by atoms with E-state index in [0.29, 0.717) is 26.2 Å². The van der Waals surface area contributed by atoms with Crippen LogP contribution in [0.1, 0.15) is 71.4 Å². The zero-order chi connectivity index (χ0) is 29.3. The van der Waals surface area contributed by atoms with Crippen molar-refractivity contribution < 1.29 is 27.1 Å². The number of alkyl halides is 3. The van der Waals surface area contributed by atoms with Crippen molar-refractivity contribution in [2.24, 2.45) is 0 Å². The standard InChI is InChI=1S/C33H34F3N3O3/c1-2-28-26-19-24(15-16-29(26)38(37-28)21-41-20-22-9-5-3-6-10-22)39(23-13-14-23)32(40)31-18-17-30(42-31)25-11-7-4-8-12-27(25)33(34,35)36/h3,5-12,17-18,23-24H,2,4,13-16,19-21H2,1H3. The summed E-state index contributed by atoms with van der Waals surface area (Å²) in [6, 6.07) is 13.1. The maximum Gasteiger partial charge on any atom is 0.417 e. The average Bonchev–Trinajstić information content (AvgIpc) is 3.66. The molecule has 2 aromatic heterocycles. The summed E-state index contributed by atoms with van der Waals surface area (Å²) in [6.07, 6.45) is 6.29. The molecule has 1 aromatic carbocycles. The molecule has 9 heteroatoms. The quantitative estimate of drug-likeness (QED) is 0.270. The molecule has 3 aromatic rings. The van der Waals surface area contributed by atoms with Gasteiger partial charge >= 0.3 is 6.18 Å². The van der Waals surface area contributed by atoms with Crippen molar-refractivity contribution in [3.63, 3.8) is 0 Å². The molecule has 42 heavy (non-hydrogen) atoms. The molecule has 220 valence electrons. The van der Waals surface area contributed by atoms with E-state index >= 15 is 0 Å². The number of rotatable bonds is 9. The van der Waals surface area contributed by atoms with Gasteiger partial charge in [0, 0.05) is 23.4 Å². The fourth-order valence-corrected chi connectivity index (χ4v) is 6.00. The average molecular weight is 578 g/mol. The molecule has 0 saturated heterocycles. The van der Waals surface area contributed by atoms with Gasteiger partial charge in [-0.15, -0.1) is 0 Å². The third kappa shape index (κ3) is 5.88. The highest BCUT2D eigenvalue weighted by Crippen LogP contribution is 2.38. The SMILES string of the molecule is CCc1nn(COCc2ccccc2)c2c1CC(N(C(=O)c1ccc(C3=C(C(F)(F)F)C=CCC=C3)o1)C1CC1)CC2. The van der Waals surface area contributed by atoms with Crippen LogP contribution in [0, 0.1) is 0 Å². The highest BCUT2D eigenvalue weighted by atomic mass is 19.4. The predicted octanol–water partition coefficient (Wildman–Crippen LogP) is 7.21. The zero-order valence-electron chi connectivity index (χ0n) is 23.6. The molecule has 6 rings (SSSR count). The van der Waals surface area contributed by atoms with Crippen molar-refractivity contribution in [2.75, 3.05) is 0 Å². The van der Waals surface area contributed by atoms with Crippen molar-refractivity contribution in [2.45, 2.75) is 83.5 Å². The maximum absolute atomic E-state index is 13.8. The largest absolute Gasteiger partial charge is 0.451 e. The van der Waals surface area contributed by atoms with Gasteiger partial charge in [0.15, 0.2) is 5.76 Å². The Morgan fingerprint density at radius 2 is 1.86 bits per heavy atom. The van der Waals surface area contributed by atoms with Gasteiger partial charge in [0.2, 0.25) is 0 Å². The van der Waals surface area contributed by atoms with Crippen LogP contribution in [-0.4, -0.2) is 38.8 Å². The van der Waals surface area contributed by atoms with E-state index in [1.165, 1.54) is 29.8 Å². The number of carbonyl (C=O) groups excluding carboxylic acids is 1. The van der Waals surface area contributed by atoms with Crippen LogP contribution in [0.5, 0.6) is 0 Å². The molecule has 0 spiro atoms. The second-order valence-electron chi connectivity index (χ2n) is 11.1. The molecule has 0 aliphatic heterocycles. The molecule has 0 bridgehead atoms. The van der Waals surface area contributed by atoms with Gasteiger partial charge in [-0.2, -0.15) is 18.3 Å². The Hall–Kier alpha value is -3.85. The van der Waals surface area contributed by atoms with E-state index in [2.05, 4.69) is 6.92 Å². The lowest BCUT2D eigenvalue weighted by molar-refractivity contribution is -0.0876. The lowest BCUT2D eigenvalue weighted by Crippen LogP contribution is -2.45. The molecular formula is C33H34F3N3O3. The van der Waals surface area contributed by atoms with Crippen molar-refractivity contribution in [3.8, 4) is 0 Å². The summed E-state index contributed by atoms with van der Waals surface area (Å²) in [5, 5.41) is 4.85. The maximum atomic E-state index is 13.8. The van der Waals surface area contributed by atoms with Gasteiger partial charge in [0.1, 0.15) is 12.5 Å². The molecule has 1 amide bonds. The Morgan fingerprint density at radius 1 is 1.07 bits per heavy atom. The smallest absolute Gasteiger partial charge is 0.417 e. The van der Waals surface area contributed by atoms with Gasteiger partial charge in [-0.25, -0.2) is 4.68 Å². The number of carbonyl (C=O) groups is 1. The van der Waals surface area contributed by atoms with Crippen LogP contribution in [0.15, 0.2) is 76.8 Å². The number of aromatic nitrogens is 2. The number of nitrogens with zero attached hydrogens (tertiary/aromatic N) is 3. The molecule has 1 saturated carbocycles. The first-order chi connectivity index (χ1) is 20.3. The van der Waals surface area contributed by atoms with Gasteiger partial charge in [-0.3, -0.25) is 4.79 Å². The third-order valence-corrected chi connectivity index (χ3v) is 8.15. The van der Waals surface area contributed by atoms with Crippen molar-refractivity contribution in [3.05, 3.63) is 106 Å². The van der Waals surface area contributed by atoms with Crippen LogP contribution in [-0.2, 0) is 37.3 Å².